The van der Waals surface area contributed by atoms with Crippen molar-refractivity contribution in [3.63, 3.8) is 0 Å². The van der Waals surface area contributed by atoms with Gasteiger partial charge in [0.05, 0.1) is 6.54 Å². The van der Waals surface area contributed by atoms with Gasteiger partial charge < -0.3 is 9.47 Å². The van der Waals surface area contributed by atoms with Crippen molar-refractivity contribution in [3.05, 3.63) is 59.7 Å². The molecule has 1 aromatic heterocycles. The quantitative estimate of drug-likeness (QED) is 0.544. The maximum absolute atomic E-state index is 13.2. The van der Waals surface area contributed by atoms with Gasteiger partial charge in [-0.2, -0.15) is 0 Å². The molecular weight excluding hydrogens is 339 g/mol. The van der Waals surface area contributed by atoms with E-state index in [0.717, 1.165) is 49.9 Å². The van der Waals surface area contributed by atoms with Crippen molar-refractivity contribution in [1.29, 1.82) is 0 Å². The lowest BCUT2D eigenvalue weighted by atomic mass is 10.1. The van der Waals surface area contributed by atoms with Crippen LogP contribution in [0.2, 0.25) is 0 Å². The van der Waals surface area contributed by atoms with Crippen molar-refractivity contribution in [2.75, 3.05) is 6.54 Å². The molecule has 0 atom stereocenters. The first kappa shape index (κ1) is 19.7. The molecule has 1 aliphatic carbocycles. The first-order valence-corrected chi connectivity index (χ1v) is 10.3. The average Bonchev–Trinajstić information content (AvgIpc) is 3.35. The van der Waals surface area contributed by atoms with Gasteiger partial charge in [0, 0.05) is 30.9 Å². The molecule has 3 nitrogen and oxygen atoms in total. The fourth-order valence-electron chi connectivity index (χ4n) is 3.98. The van der Waals surface area contributed by atoms with Gasteiger partial charge in [-0.05, 0) is 49.1 Å². The lowest BCUT2D eigenvalue weighted by Gasteiger charge is -2.26. The summed E-state index contributed by atoms with van der Waals surface area (Å²) < 4.78 is 15.3. The van der Waals surface area contributed by atoms with E-state index in [1.54, 1.807) is 0 Å². The number of hydrogen-bond acceptors (Lipinski definition) is 1. The van der Waals surface area contributed by atoms with E-state index in [-0.39, 0.29) is 11.7 Å². The molecule has 3 rings (SSSR count). The number of aromatic nitrogens is 1. The highest BCUT2D eigenvalue weighted by Crippen LogP contribution is 2.27. The molecule has 27 heavy (non-hydrogen) atoms. The van der Waals surface area contributed by atoms with Crippen molar-refractivity contribution in [2.24, 2.45) is 5.92 Å². The number of unbranched alkanes of at least 4 members (excludes halogenated alkanes) is 2. The van der Waals surface area contributed by atoms with Gasteiger partial charge >= 0.3 is 0 Å². The van der Waals surface area contributed by atoms with Crippen LogP contribution in [-0.2, 0) is 17.9 Å². The van der Waals surface area contributed by atoms with E-state index in [1.807, 2.05) is 24.4 Å². The van der Waals surface area contributed by atoms with Crippen molar-refractivity contribution in [2.45, 2.75) is 65.0 Å². The van der Waals surface area contributed by atoms with Crippen LogP contribution in [0.4, 0.5) is 4.39 Å². The van der Waals surface area contributed by atoms with Gasteiger partial charge in [-0.1, -0.05) is 44.7 Å². The lowest BCUT2D eigenvalue weighted by molar-refractivity contribution is -0.136. The van der Waals surface area contributed by atoms with E-state index in [1.165, 1.54) is 25.0 Å². The summed E-state index contributed by atoms with van der Waals surface area (Å²) in [6, 6.07) is 10.8. The minimum absolute atomic E-state index is 0.212. The van der Waals surface area contributed by atoms with E-state index >= 15 is 0 Å². The zero-order chi connectivity index (χ0) is 19.1. The molecule has 0 spiro atoms. The van der Waals surface area contributed by atoms with Crippen LogP contribution >= 0.6 is 0 Å². The standard InChI is InChI=1S/C23H31FN2O/c1-2-3-6-15-26(23(27)20-8-4-5-9-20)18-22-10-7-16-25(22)17-19-11-13-21(24)14-12-19/h7,10-14,16,20H,2-6,8-9,15,17-18H2,1H3. The molecular formula is C23H31FN2O. The second-order valence-corrected chi connectivity index (χ2v) is 7.70. The number of amides is 1. The minimum atomic E-state index is -0.212. The third-order valence-corrected chi connectivity index (χ3v) is 5.59. The van der Waals surface area contributed by atoms with E-state index in [2.05, 4.69) is 22.5 Å². The number of nitrogens with zero attached hydrogens (tertiary/aromatic N) is 2. The summed E-state index contributed by atoms with van der Waals surface area (Å²) in [5, 5.41) is 0. The Morgan fingerprint density at radius 1 is 1.15 bits per heavy atom. The van der Waals surface area contributed by atoms with Gasteiger partial charge in [-0.15, -0.1) is 0 Å². The van der Waals surface area contributed by atoms with Gasteiger partial charge in [-0.25, -0.2) is 4.39 Å². The first-order chi connectivity index (χ1) is 13.2. The molecule has 1 aliphatic rings. The van der Waals surface area contributed by atoms with E-state index in [0.29, 0.717) is 19.0 Å². The molecule has 0 aliphatic heterocycles. The summed E-state index contributed by atoms with van der Waals surface area (Å²) >= 11 is 0. The zero-order valence-corrected chi connectivity index (χ0v) is 16.4. The number of carbonyl (C=O) groups is 1. The molecule has 1 heterocycles. The van der Waals surface area contributed by atoms with Crippen LogP contribution in [0.25, 0.3) is 0 Å². The maximum atomic E-state index is 13.2. The smallest absolute Gasteiger partial charge is 0.226 e. The van der Waals surface area contributed by atoms with Gasteiger partial charge in [0.1, 0.15) is 5.82 Å². The number of carbonyl (C=O) groups excluding carboxylic acids is 1. The zero-order valence-electron chi connectivity index (χ0n) is 16.4. The molecule has 1 aromatic carbocycles. The first-order valence-electron chi connectivity index (χ1n) is 10.3. The molecule has 0 saturated heterocycles. The topological polar surface area (TPSA) is 25.2 Å². The van der Waals surface area contributed by atoms with Gasteiger partial charge in [-0.3, -0.25) is 4.79 Å². The van der Waals surface area contributed by atoms with Gasteiger partial charge in [0.15, 0.2) is 0 Å². The molecule has 0 unspecified atom stereocenters. The van der Waals surface area contributed by atoms with E-state index in [9.17, 15) is 9.18 Å². The summed E-state index contributed by atoms with van der Waals surface area (Å²) in [4.78, 5) is 15.1. The molecule has 1 saturated carbocycles. The Labute approximate surface area is 162 Å². The summed E-state index contributed by atoms with van der Waals surface area (Å²) in [7, 11) is 0. The maximum Gasteiger partial charge on any atom is 0.226 e. The van der Waals surface area contributed by atoms with E-state index in [4.69, 9.17) is 0 Å². The van der Waals surface area contributed by atoms with Crippen molar-refractivity contribution < 1.29 is 9.18 Å². The fourth-order valence-corrected chi connectivity index (χ4v) is 3.98. The highest BCUT2D eigenvalue weighted by Gasteiger charge is 2.27. The Balaban J connectivity index is 1.70. The van der Waals surface area contributed by atoms with Crippen LogP contribution in [0.15, 0.2) is 42.6 Å². The van der Waals surface area contributed by atoms with Gasteiger partial charge in [0.25, 0.3) is 0 Å². The van der Waals surface area contributed by atoms with Crippen LogP contribution < -0.4 is 0 Å². The minimum Gasteiger partial charge on any atom is -0.345 e. The Morgan fingerprint density at radius 2 is 1.89 bits per heavy atom. The monoisotopic (exact) mass is 370 g/mol. The molecule has 4 heteroatoms. The number of hydrogen-bond donors (Lipinski definition) is 0. The Morgan fingerprint density at radius 3 is 2.59 bits per heavy atom. The number of rotatable bonds is 9. The SMILES string of the molecule is CCCCCN(Cc1cccn1Cc1ccc(F)cc1)C(=O)C1CCCC1. The highest BCUT2D eigenvalue weighted by molar-refractivity contribution is 5.79. The third-order valence-electron chi connectivity index (χ3n) is 5.59. The Bertz CT molecular complexity index is 716. The molecule has 0 bridgehead atoms. The highest BCUT2D eigenvalue weighted by atomic mass is 19.1. The molecule has 146 valence electrons. The van der Waals surface area contributed by atoms with Crippen LogP contribution in [-0.4, -0.2) is 21.9 Å². The Hall–Kier alpha value is -2.10. The van der Waals surface area contributed by atoms with Crippen molar-refractivity contribution in [1.82, 2.24) is 9.47 Å². The normalized spacial score (nSPS) is 14.6. The number of benzene rings is 1. The van der Waals surface area contributed by atoms with Crippen LogP contribution in [0.3, 0.4) is 0 Å². The fraction of sp³-hybridized carbons (Fsp3) is 0.522. The van der Waals surface area contributed by atoms with E-state index < -0.39 is 0 Å². The van der Waals surface area contributed by atoms with Crippen LogP contribution in [0.5, 0.6) is 0 Å². The predicted octanol–water partition coefficient (Wildman–Crippen LogP) is 5.38. The Kier molecular flexibility index (Phi) is 7.08. The molecule has 1 fully saturated rings. The number of halogens is 1. The van der Waals surface area contributed by atoms with Gasteiger partial charge in [0.2, 0.25) is 5.91 Å². The molecule has 0 radical (unpaired) electrons. The summed E-state index contributed by atoms with van der Waals surface area (Å²) in [5.74, 6) is 0.334. The predicted molar refractivity (Wildman–Crippen MR) is 107 cm³/mol. The van der Waals surface area contributed by atoms with Crippen LogP contribution in [0, 0.1) is 11.7 Å². The third kappa shape index (κ3) is 5.44. The molecule has 1 amide bonds. The second kappa shape index (κ2) is 9.72. The second-order valence-electron chi connectivity index (χ2n) is 7.70. The summed E-state index contributed by atoms with van der Waals surface area (Å²) in [6.45, 7) is 4.39. The van der Waals surface area contributed by atoms with Crippen LogP contribution in [0.1, 0.15) is 63.1 Å². The van der Waals surface area contributed by atoms with Crippen molar-refractivity contribution >= 4 is 5.91 Å². The molecule has 2 aromatic rings. The average molecular weight is 371 g/mol. The summed E-state index contributed by atoms with van der Waals surface area (Å²) in [6.07, 6.45) is 9.87. The van der Waals surface area contributed by atoms with Crippen molar-refractivity contribution in [3.8, 4) is 0 Å². The largest absolute Gasteiger partial charge is 0.345 e. The summed E-state index contributed by atoms with van der Waals surface area (Å²) in [5.41, 5.74) is 2.20. The lowest BCUT2D eigenvalue weighted by Crippen LogP contribution is -2.36. The molecule has 0 N–H and O–H groups in total.